The van der Waals surface area contributed by atoms with Gasteiger partial charge in [0.2, 0.25) is 0 Å². The summed E-state index contributed by atoms with van der Waals surface area (Å²) in [4.78, 5) is 52.9. The number of aryl methyl sites for hydroxylation is 2. The van der Waals surface area contributed by atoms with Gasteiger partial charge < -0.3 is 54.4 Å². The first-order valence-electron chi connectivity index (χ1n) is 24.8. The lowest BCUT2D eigenvalue weighted by Gasteiger charge is -2.30. The van der Waals surface area contributed by atoms with Crippen LogP contribution in [0.5, 0.6) is 34.5 Å². The minimum atomic E-state index is -1.08. The van der Waals surface area contributed by atoms with Gasteiger partial charge in [0.25, 0.3) is 17.7 Å². The number of amides is 3. The summed E-state index contributed by atoms with van der Waals surface area (Å²) in [7, 11) is 3.61. The van der Waals surface area contributed by atoms with Crippen LogP contribution in [0.1, 0.15) is 110 Å². The number of aromatic nitrogens is 4. The van der Waals surface area contributed by atoms with Gasteiger partial charge in [0.1, 0.15) is 52.5 Å². The van der Waals surface area contributed by atoms with E-state index in [0.717, 1.165) is 39.0 Å². The van der Waals surface area contributed by atoms with Crippen molar-refractivity contribution in [2.24, 2.45) is 14.1 Å². The van der Waals surface area contributed by atoms with E-state index in [2.05, 4.69) is 15.5 Å². The zero-order chi connectivity index (χ0) is 54.5. The summed E-state index contributed by atoms with van der Waals surface area (Å²) < 4.78 is 38.7. The monoisotopic (exact) mass is 1030 g/mol. The highest BCUT2D eigenvalue weighted by Gasteiger charge is 2.24. The van der Waals surface area contributed by atoms with Crippen molar-refractivity contribution in [3.63, 3.8) is 0 Å². The Morgan fingerprint density at radius 2 is 0.987 bits per heavy atom. The zero-order valence-corrected chi connectivity index (χ0v) is 44.5. The Morgan fingerprint density at radius 3 is 1.33 bits per heavy atom. The minimum absolute atomic E-state index is 0.00724. The van der Waals surface area contributed by atoms with E-state index < -0.39 is 5.97 Å². The largest absolute Gasteiger partial charge is 0.488 e. The van der Waals surface area contributed by atoms with E-state index in [4.69, 9.17) is 34.2 Å². The number of hydrogen-bond donors (Lipinski definition) is 3. The van der Waals surface area contributed by atoms with Crippen molar-refractivity contribution in [3.05, 3.63) is 132 Å². The molecule has 19 nitrogen and oxygen atoms in total. The molecule has 2 aliphatic heterocycles. The predicted molar refractivity (Wildman–Crippen MR) is 284 cm³/mol. The van der Waals surface area contributed by atoms with Crippen LogP contribution in [0.3, 0.4) is 0 Å². The Hall–Kier alpha value is -7.90. The van der Waals surface area contributed by atoms with Crippen LogP contribution in [0.4, 0.5) is 11.6 Å². The van der Waals surface area contributed by atoms with E-state index in [1.807, 2.05) is 67.3 Å². The highest BCUT2D eigenvalue weighted by Crippen LogP contribution is 2.31. The summed E-state index contributed by atoms with van der Waals surface area (Å²) in [6.45, 7) is 19.5. The van der Waals surface area contributed by atoms with Gasteiger partial charge in [-0.05, 0) is 147 Å². The van der Waals surface area contributed by atoms with Gasteiger partial charge in [-0.2, -0.15) is 10.2 Å². The van der Waals surface area contributed by atoms with Crippen LogP contribution in [-0.2, 0) is 23.6 Å². The van der Waals surface area contributed by atoms with Crippen molar-refractivity contribution >= 4 is 35.3 Å². The van der Waals surface area contributed by atoms with Crippen molar-refractivity contribution in [1.29, 1.82) is 0 Å². The third-order valence-electron chi connectivity index (χ3n) is 11.1. The number of ether oxygens (including phenoxy) is 6. The molecule has 19 heteroatoms. The molecule has 0 saturated carbocycles. The van der Waals surface area contributed by atoms with Crippen molar-refractivity contribution in [2.45, 2.75) is 91.6 Å². The Balaban J connectivity index is 0.000000218. The third-order valence-corrected chi connectivity index (χ3v) is 11.1. The lowest BCUT2D eigenvalue weighted by molar-refractivity contribution is -0.0375. The highest BCUT2D eigenvalue weighted by molar-refractivity contribution is 6.04. The first-order chi connectivity index (χ1) is 35.4. The number of benzene rings is 4. The maximum absolute atomic E-state index is 13.0. The maximum Gasteiger partial charge on any atom is 0.335 e. The zero-order valence-electron chi connectivity index (χ0n) is 44.5. The second kappa shape index (κ2) is 25.4. The molecule has 8 rings (SSSR count). The molecule has 400 valence electrons. The SMILES string of the molecule is C[C@@H](COC(C)(C)C)Oc1cc(Oc2ccc(C(=O)N3CCC3)cc2)cc(C(=O)Nc2ccn(C)n2)c1.C[C@@H](COC(C)(C)C)Oc1cc(Oc2ccc(C(=O)N3CCC3)cc2)cc(C(=O)O)c1.Cn1ccc(N)n1. The Kier molecular flexibility index (Phi) is 19.1. The standard InChI is InChI=1S/C28H34N4O5.C24H29NO6.C4H7N3/c1-19(18-35-28(2,3)4)36-23-15-21(26(33)29-25-11-14-31(5)30-25)16-24(17-23)37-22-9-7-20(8-10-22)27(34)32-12-6-13-32;1-16(15-29-24(2,3)4)30-20-12-18(23(27)28)13-21(14-20)31-19-8-6-17(7-9-19)22(26)25-10-5-11-25;1-7-3-2-4(5)6-7/h7-11,14-17,19H,6,12-13,18H2,1-5H3,(H,29,30,33);6-9,12-14,16H,5,10-11,15H2,1-4H3,(H,27,28);2-3H,1H3,(H2,5,6)/t19-;16-;/m00./s1. The van der Waals surface area contributed by atoms with Crippen LogP contribution >= 0.6 is 0 Å². The van der Waals surface area contributed by atoms with E-state index in [1.54, 1.807) is 119 Å². The summed E-state index contributed by atoms with van der Waals surface area (Å²) >= 11 is 0. The number of nitrogens with one attached hydrogen (secondary N) is 1. The quantitative estimate of drug-likeness (QED) is 0.0774. The molecule has 0 aliphatic carbocycles. The van der Waals surface area contributed by atoms with E-state index in [-0.39, 0.29) is 46.7 Å². The number of carbonyl (C=O) groups is 4. The summed E-state index contributed by atoms with van der Waals surface area (Å²) in [5.74, 6) is 2.26. The Morgan fingerprint density at radius 1 is 0.573 bits per heavy atom. The molecule has 2 saturated heterocycles. The third kappa shape index (κ3) is 18.2. The molecule has 2 aliphatic rings. The molecule has 2 aromatic heterocycles. The van der Waals surface area contributed by atoms with Gasteiger partial charge in [0.15, 0.2) is 5.82 Å². The number of hydrogen-bond acceptors (Lipinski definition) is 13. The van der Waals surface area contributed by atoms with Crippen LogP contribution in [0.15, 0.2) is 109 Å². The topological polar surface area (TPSA) is 224 Å². The van der Waals surface area contributed by atoms with Crippen molar-refractivity contribution < 1.29 is 52.7 Å². The minimum Gasteiger partial charge on any atom is -0.488 e. The summed E-state index contributed by atoms with van der Waals surface area (Å²) in [6.07, 6.45) is 5.10. The molecule has 0 spiro atoms. The van der Waals surface area contributed by atoms with E-state index in [0.29, 0.717) is 76.0 Å². The molecule has 75 heavy (non-hydrogen) atoms. The molecule has 3 amide bonds. The Labute approximate surface area is 438 Å². The second-order valence-electron chi connectivity index (χ2n) is 20.2. The molecule has 4 N–H and O–H groups in total. The molecular weight excluding hydrogens is 961 g/mol. The lowest BCUT2D eigenvalue weighted by atomic mass is 10.1. The highest BCUT2D eigenvalue weighted by atomic mass is 16.6. The number of likely N-dealkylation sites (tertiary alicyclic amines) is 2. The molecule has 4 aromatic carbocycles. The fraction of sp³-hybridized carbons (Fsp3) is 0.393. The van der Waals surface area contributed by atoms with Gasteiger partial charge >= 0.3 is 5.97 Å². The molecule has 0 radical (unpaired) electrons. The van der Waals surface area contributed by atoms with E-state index >= 15 is 0 Å². The maximum atomic E-state index is 13.0. The average molecular weight is 1030 g/mol. The summed E-state index contributed by atoms with van der Waals surface area (Å²) in [5.41, 5.74) is 6.29. The number of anilines is 2. The van der Waals surface area contributed by atoms with Crippen LogP contribution in [0.2, 0.25) is 0 Å². The number of nitrogens with two attached hydrogens (primary N) is 1. The van der Waals surface area contributed by atoms with E-state index in [1.165, 1.54) is 12.1 Å². The number of carboxylic acids is 1. The number of aromatic carboxylic acids is 1. The van der Waals surface area contributed by atoms with Gasteiger partial charge in [0.05, 0.1) is 30.0 Å². The number of rotatable bonds is 17. The fourth-order valence-corrected chi connectivity index (χ4v) is 7.03. The van der Waals surface area contributed by atoms with E-state index in [9.17, 15) is 24.3 Å². The number of carboxylic acid groups (broad SMARTS) is 1. The van der Waals surface area contributed by atoms with Gasteiger partial charge in [-0.3, -0.25) is 23.7 Å². The first kappa shape index (κ1) is 56.4. The van der Waals surface area contributed by atoms with Crippen LogP contribution in [0, 0.1) is 0 Å². The molecule has 4 heterocycles. The molecule has 2 atom stereocenters. The predicted octanol–water partition coefficient (Wildman–Crippen LogP) is 9.50. The van der Waals surface area contributed by atoms with Crippen LogP contribution in [-0.4, -0.2) is 121 Å². The van der Waals surface area contributed by atoms with Crippen LogP contribution in [0.25, 0.3) is 0 Å². The number of carbonyl (C=O) groups excluding carboxylic acids is 3. The molecule has 6 aromatic rings. The van der Waals surface area contributed by atoms with Crippen LogP contribution < -0.4 is 30.0 Å². The average Bonchev–Trinajstić information content (AvgIpc) is 3.91. The van der Waals surface area contributed by atoms with Gasteiger partial charge in [-0.1, -0.05) is 0 Å². The normalized spacial score (nSPS) is 13.8. The van der Waals surface area contributed by atoms with Gasteiger partial charge in [-0.15, -0.1) is 0 Å². The van der Waals surface area contributed by atoms with Crippen molar-refractivity contribution in [3.8, 4) is 34.5 Å². The van der Waals surface area contributed by atoms with Crippen molar-refractivity contribution in [2.75, 3.05) is 50.4 Å². The van der Waals surface area contributed by atoms with Gasteiger partial charge in [-0.25, -0.2) is 4.79 Å². The lowest BCUT2D eigenvalue weighted by Crippen LogP contribution is -2.41. The number of nitrogen functional groups attached to an aromatic ring is 1. The van der Waals surface area contributed by atoms with Gasteiger partial charge in [0, 0.05) is 87.6 Å². The molecular formula is C56H70N8O11. The molecule has 0 unspecified atom stereocenters. The summed E-state index contributed by atoms with van der Waals surface area (Å²) in [5, 5.41) is 20.2. The number of nitrogens with zero attached hydrogens (tertiary/aromatic N) is 6. The Bertz CT molecular complexity index is 2840. The summed E-state index contributed by atoms with van der Waals surface area (Å²) in [6, 6.07) is 26.8. The smallest absolute Gasteiger partial charge is 0.335 e. The second-order valence-corrected chi connectivity index (χ2v) is 20.2. The first-order valence-corrected chi connectivity index (χ1v) is 24.8. The molecule has 0 bridgehead atoms. The fourth-order valence-electron chi connectivity index (χ4n) is 7.03. The molecule has 2 fully saturated rings. The van der Waals surface area contributed by atoms with Crippen molar-refractivity contribution in [1.82, 2.24) is 29.4 Å².